The molecule has 0 aliphatic carbocycles. The van der Waals surface area contributed by atoms with Crippen LogP contribution in [0.25, 0.3) is 10.9 Å². The number of para-hydroxylation sites is 1. The van der Waals surface area contributed by atoms with E-state index >= 15 is 0 Å². The molecule has 0 saturated heterocycles. The van der Waals surface area contributed by atoms with Crippen LogP contribution < -0.4 is 5.73 Å². The second kappa shape index (κ2) is 5.09. The van der Waals surface area contributed by atoms with Gasteiger partial charge in [-0.3, -0.25) is 4.79 Å². The topological polar surface area (TPSA) is 48.0 Å². The van der Waals surface area contributed by atoms with E-state index in [1.54, 1.807) is 0 Å². The Morgan fingerprint density at radius 1 is 1.05 bits per heavy atom. The number of aryl methyl sites for hydroxylation is 2. The lowest BCUT2D eigenvalue weighted by Crippen LogP contribution is -2.17. The Morgan fingerprint density at radius 2 is 1.71 bits per heavy atom. The second-order valence-electron chi connectivity index (χ2n) is 5.53. The largest absolute Gasteiger partial charge is 0.364 e. The van der Waals surface area contributed by atoms with Gasteiger partial charge < -0.3 is 10.3 Å². The molecule has 0 aliphatic rings. The smallest absolute Gasteiger partial charge is 0.265 e. The van der Waals surface area contributed by atoms with Crippen molar-refractivity contribution in [1.82, 2.24) is 4.57 Å². The highest BCUT2D eigenvalue weighted by molar-refractivity contribution is 5.97. The van der Waals surface area contributed by atoms with E-state index in [0.29, 0.717) is 12.2 Å². The summed E-state index contributed by atoms with van der Waals surface area (Å²) in [7, 11) is 0. The molecule has 0 bridgehead atoms. The van der Waals surface area contributed by atoms with E-state index in [4.69, 9.17) is 5.73 Å². The summed E-state index contributed by atoms with van der Waals surface area (Å²) < 4.78 is 1.99. The SMILES string of the molecule is Cc1cc(C)cc(Cn2c(C(N)=O)cc3ccccc32)c1. The molecular weight excluding hydrogens is 260 g/mol. The molecule has 0 spiro atoms. The number of aromatic nitrogens is 1. The highest BCUT2D eigenvalue weighted by Gasteiger charge is 2.13. The van der Waals surface area contributed by atoms with Crippen molar-refractivity contribution in [2.45, 2.75) is 20.4 Å². The first kappa shape index (κ1) is 13.4. The number of primary amides is 1. The van der Waals surface area contributed by atoms with E-state index in [9.17, 15) is 4.79 Å². The molecule has 2 N–H and O–H groups in total. The molecule has 1 aromatic heterocycles. The molecule has 21 heavy (non-hydrogen) atoms. The van der Waals surface area contributed by atoms with Crippen molar-refractivity contribution in [1.29, 1.82) is 0 Å². The summed E-state index contributed by atoms with van der Waals surface area (Å²) in [6.45, 7) is 4.81. The van der Waals surface area contributed by atoms with Gasteiger partial charge in [0, 0.05) is 17.4 Å². The van der Waals surface area contributed by atoms with Gasteiger partial charge >= 0.3 is 0 Å². The average molecular weight is 278 g/mol. The highest BCUT2D eigenvalue weighted by atomic mass is 16.1. The van der Waals surface area contributed by atoms with Gasteiger partial charge in [-0.1, -0.05) is 47.5 Å². The molecule has 3 aromatic rings. The zero-order valence-electron chi connectivity index (χ0n) is 12.3. The monoisotopic (exact) mass is 278 g/mol. The first-order valence-corrected chi connectivity index (χ1v) is 7.00. The predicted molar refractivity (Wildman–Crippen MR) is 85.5 cm³/mol. The lowest BCUT2D eigenvalue weighted by molar-refractivity contribution is 0.0992. The van der Waals surface area contributed by atoms with Crippen LogP contribution in [0.4, 0.5) is 0 Å². The molecular formula is C18H18N2O. The molecule has 0 saturated carbocycles. The minimum absolute atomic E-state index is 0.393. The summed E-state index contributed by atoms with van der Waals surface area (Å²) in [5.41, 5.74) is 10.7. The van der Waals surface area contributed by atoms with Gasteiger partial charge in [-0.25, -0.2) is 0 Å². The third kappa shape index (κ3) is 2.55. The van der Waals surface area contributed by atoms with Crippen LogP contribution in [0.2, 0.25) is 0 Å². The maximum absolute atomic E-state index is 11.7. The third-order valence-electron chi connectivity index (χ3n) is 3.69. The van der Waals surface area contributed by atoms with Crippen molar-refractivity contribution in [3.8, 4) is 0 Å². The van der Waals surface area contributed by atoms with Gasteiger partial charge in [0.1, 0.15) is 5.69 Å². The number of fused-ring (bicyclic) bond motifs is 1. The van der Waals surface area contributed by atoms with Crippen LogP contribution in [0.1, 0.15) is 27.2 Å². The molecule has 0 radical (unpaired) electrons. The van der Waals surface area contributed by atoms with Crippen LogP contribution in [0, 0.1) is 13.8 Å². The number of nitrogens with two attached hydrogens (primary N) is 1. The fourth-order valence-corrected chi connectivity index (χ4v) is 2.93. The zero-order chi connectivity index (χ0) is 15.0. The van der Waals surface area contributed by atoms with Gasteiger partial charge in [-0.2, -0.15) is 0 Å². The van der Waals surface area contributed by atoms with Gasteiger partial charge in [0.15, 0.2) is 0 Å². The Labute approximate surface area is 124 Å². The van der Waals surface area contributed by atoms with Gasteiger partial charge in [0.2, 0.25) is 0 Å². The Bertz CT molecular complexity index is 810. The number of hydrogen-bond donors (Lipinski definition) is 1. The molecule has 0 aliphatic heterocycles. The van der Waals surface area contributed by atoms with Crippen molar-refractivity contribution in [3.63, 3.8) is 0 Å². The Hall–Kier alpha value is -2.55. The van der Waals surface area contributed by atoms with Crippen molar-refractivity contribution >= 4 is 16.8 Å². The minimum atomic E-state index is -0.393. The fraction of sp³-hybridized carbons (Fsp3) is 0.167. The minimum Gasteiger partial charge on any atom is -0.364 e. The van der Waals surface area contributed by atoms with Crippen molar-refractivity contribution in [2.24, 2.45) is 5.73 Å². The van der Waals surface area contributed by atoms with E-state index < -0.39 is 5.91 Å². The maximum Gasteiger partial charge on any atom is 0.265 e. The van der Waals surface area contributed by atoms with Gasteiger partial charge in [0.25, 0.3) is 5.91 Å². The standard InChI is InChI=1S/C18H18N2O/c1-12-7-13(2)9-14(8-12)11-20-16-6-4-3-5-15(16)10-17(20)18(19)21/h3-10H,11H2,1-2H3,(H2,19,21). The lowest BCUT2D eigenvalue weighted by Gasteiger charge is -2.10. The summed E-state index contributed by atoms with van der Waals surface area (Å²) in [6.07, 6.45) is 0. The van der Waals surface area contributed by atoms with Crippen LogP contribution in [0.3, 0.4) is 0 Å². The molecule has 3 rings (SSSR count). The van der Waals surface area contributed by atoms with E-state index in [1.807, 2.05) is 34.9 Å². The summed E-state index contributed by atoms with van der Waals surface area (Å²) in [5.74, 6) is -0.393. The first-order chi connectivity index (χ1) is 10.0. The van der Waals surface area contributed by atoms with Gasteiger partial charge in [0.05, 0.1) is 0 Å². The summed E-state index contributed by atoms with van der Waals surface area (Å²) in [4.78, 5) is 11.7. The summed E-state index contributed by atoms with van der Waals surface area (Å²) in [5, 5.41) is 1.04. The number of amides is 1. The van der Waals surface area contributed by atoms with Gasteiger partial charge in [-0.15, -0.1) is 0 Å². The summed E-state index contributed by atoms with van der Waals surface area (Å²) >= 11 is 0. The maximum atomic E-state index is 11.7. The third-order valence-corrected chi connectivity index (χ3v) is 3.69. The molecule has 3 nitrogen and oxygen atoms in total. The lowest BCUT2D eigenvalue weighted by atomic mass is 10.1. The quantitative estimate of drug-likeness (QED) is 0.784. The Morgan fingerprint density at radius 3 is 2.38 bits per heavy atom. The molecule has 3 heteroatoms. The van der Waals surface area contributed by atoms with E-state index in [2.05, 4.69) is 32.0 Å². The average Bonchev–Trinajstić information content (AvgIpc) is 2.77. The zero-order valence-corrected chi connectivity index (χ0v) is 12.3. The van der Waals surface area contributed by atoms with Crippen LogP contribution in [-0.4, -0.2) is 10.5 Å². The molecule has 0 atom stereocenters. The van der Waals surface area contributed by atoms with Crippen molar-refractivity contribution in [2.75, 3.05) is 0 Å². The molecule has 0 unspecified atom stereocenters. The molecule has 0 fully saturated rings. The Balaban J connectivity index is 2.14. The summed E-state index contributed by atoms with van der Waals surface area (Å²) in [6, 6.07) is 16.3. The van der Waals surface area contributed by atoms with Crippen LogP contribution in [0.15, 0.2) is 48.5 Å². The Kier molecular flexibility index (Phi) is 3.26. The molecule has 1 heterocycles. The fourth-order valence-electron chi connectivity index (χ4n) is 2.93. The molecule has 1 amide bonds. The predicted octanol–water partition coefficient (Wildman–Crippen LogP) is 3.41. The normalized spacial score (nSPS) is 11.0. The van der Waals surface area contributed by atoms with Crippen molar-refractivity contribution < 1.29 is 4.79 Å². The first-order valence-electron chi connectivity index (χ1n) is 7.00. The molecule has 106 valence electrons. The number of nitrogens with zero attached hydrogens (tertiary/aromatic N) is 1. The number of carbonyl (C=O) groups excluding carboxylic acids is 1. The van der Waals surface area contributed by atoms with Crippen LogP contribution in [-0.2, 0) is 6.54 Å². The van der Waals surface area contributed by atoms with Crippen LogP contribution >= 0.6 is 0 Å². The van der Waals surface area contributed by atoms with E-state index in [0.717, 1.165) is 10.9 Å². The highest BCUT2D eigenvalue weighted by Crippen LogP contribution is 2.21. The van der Waals surface area contributed by atoms with Crippen LogP contribution in [0.5, 0.6) is 0 Å². The second-order valence-corrected chi connectivity index (χ2v) is 5.53. The van der Waals surface area contributed by atoms with Crippen molar-refractivity contribution in [3.05, 3.63) is 70.9 Å². The number of hydrogen-bond acceptors (Lipinski definition) is 1. The number of carbonyl (C=O) groups is 1. The van der Waals surface area contributed by atoms with Gasteiger partial charge in [-0.05, 0) is 31.5 Å². The number of rotatable bonds is 3. The van der Waals surface area contributed by atoms with E-state index in [1.165, 1.54) is 16.7 Å². The molecule has 2 aromatic carbocycles. The number of benzene rings is 2. The van der Waals surface area contributed by atoms with E-state index in [-0.39, 0.29) is 0 Å².